The highest BCUT2D eigenvalue weighted by molar-refractivity contribution is 9.10. The Labute approximate surface area is 102 Å². The maximum atomic E-state index is 13.7. The molecule has 0 saturated carbocycles. The molecule has 2 atom stereocenters. The second kappa shape index (κ2) is 4.82. The molecule has 0 heterocycles. The molecule has 78 valence electrons. The van der Waals surface area contributed by atoms with Crippen LogP contribution in [0.3, 0.4) is 0 Å². The van der Waals surface area contributed by atoms with Gasteiger partial charge in [-0.3, -0.25) is 0 Å². The van der Waals surface area contributed by atoms with E-state index < -0.39 is 0 Å². The van der Waals surface area contributed by atoms with E-state index in [1.54, 1.807) is 12.1 Å². The number of halogens is 4. The third-order valence-corrected chi connectivity index (χ3v) is 3.88. The van der Waals surface area contributed by atoms with E-state index in [4.69, 9.17) is 23.2 Å². The molecule has 0 bridgehead atoms. The van der Waals surface area contributed by atoms with Gasteiger partial charge in [-0.15, -0.1) is 11.6 Å². The minimum Gasteiger partial charge on any atom is -0.205 e. The van der Waals surface area contributed by atoms with Gasteiger partial charge in [0.25, 0.3) is 0 Å². The van der Waals surface area contributed by atoms with Crippen molar-refractivity contribution in [1.82, 2.24) is 0 Å². The minimum atomic E-state index is -0.388. The predicted octanol–water partition coefficient (Wildman–Crippen LogP) is 4.97. The summed E-state index contributed by atoms with van der Waals surface area (Å²) in [4.78, 5) is 0. The van der Waals surface area contributed by atoms with Crippen molar-refractivity contribution in [1.29, 1.82) is 0 Å². The normalized spacial score (nSPS) is 15.3. The van der Waals surface area contributed by atoms with E-state index in [0.717, 1.165) is 0 Å². The quantitative estimate of drug-likeness (QED) is 0.534. The lowest BCUT2D eigenvalue weighted by Crippen LogP contribution is -2.07. The molecule has 0 amide bonds. The number of alkyl halides is 1. The Bertz CT molecular complexity index is 339. The third-order valence-electron chi connectivity index (χ3n) is 2.24. The van der Waals surface area contributed by atoms with Gasteiger partial charge in [0.1, 0.15) is 5.82 Å². The second-order valence-electron chi connectivity index (χ2n) is 3.23. The highest BCUT2D eigenvalue weighted by atomic mass is 79.9. The summed E-state index contributed by atoms with van der Waals surface area (Å²) >= 11 is 14.8. The number of benzene rings is 1. The van der Waals surface area contributed by atoms with Gasteiger partial charge >= 0.3 is 0 Å². The van der Waals surface area contributed by atoms with Crippen LogP contribution in [-0.4, -0.2) is 5.38 Å². The SMILES string of the molecule is CC(Cl)C(C)c1ccc(Br)c(Cl)c1F. The predicted molar refractivity (Wildman–Crippen MR) is 62.8 cm³/mol. The molecule has 14 heavy (non-hydrogen) atoms. The average Bonchev–Trinajstić information content (AvgIpc) is 2.13. The molecule has 0 aliphatic carbocycles. The van der Waals surface area contributed by atoms with Gasteiger partial charge in [-0.25, -0.2) is 4.39 Å². The fourth-order valence-electron chi connectivity index (χ4n) is 1.14. The minimum absolute atomic E-state index is 0.0535. The number of rotatable bonds is 2. The lowest BCUT2D eigenvalue weighted by molar-refractivity contribution is 0.585. The van der Waals surface area contributed by atoms with Gasteiger partial charge in [-0.1, -0.05) is 24.6 Å². The zero-order chi connectivity index (χ0) is 10.9. The Kier molecular flexibility index (Phi) is 4.23. The van der Waals surface area contributed by atoms with Crippen molar-refractivity contribution in [2.75, 3.05) is 0 Å². The zero-order valence-electron chi connectivity index (χ0n) is 7.82. The fourth-order valence-corrected chi connectivity index (χ4v) is 1.75. The molecule has 0 aliphatic rings. The van der Waals surface area contributed by atoms with Gasteiger partial charge in [0.05, 0.1) is 5.02 Å². The molecule has 0 radical (unpaired) electrons. The Morgan fingerprint density at radius 3 is 2.43 bits per heavy atom. The summed E-state index contributed by atoms with van der Waals surface area (Å²) in [6.07, 6.45) is 0. The van der Waals surface area contributed by atoms with Crippen molar-refractivity contribution in [3.05, 3.63) is 33.0 Å². The van der Waals surface area contributed by atoms with Crippen LogP contribution in [0.5, 0.6) is 0 Å². The van der Waals surface area contributed by atoms with Gasteiger partial charge in [0, 0.05) is 15.8 Å². The summed E-state index contributed by atoms with van der Waals surface area (Å²) in [6.45, 7) is 3.71. The van der Waals surface area contributed by atoms with Crippen LogP contribution in [0.2, 0.25) is 5.02 Å². The molecule has 1 rings (SSSR count). The van der Waals surface area contributed by atoms with Crippen LogP contribution in [0.4, 0.5) is 4.39 Å². The molecule has 2 unspecified atom stereocenters. The van der Waals surface area contributed by atoms with Gasteiger partial charge in [-0.2, -0.15) is 0 Å². The van der Waals surface area contributed by atoms with Crippen LogP contribution in [0, 0.1) is 5.82 Å². The monoisotopic (exact) mass is 298 g/mol. The average molecular weight is 300 g/mol. The largest absolute Gasteiger partial charge is 0.205 e. The highest BCUT2D eigenvalue weighted by Gasteiger charge is 2.18. The van der Waals surface area contributed by atoms with Gasteiger partial charge in [-0.05, 0) is 34.5 Å². The summed E-state index contributed by atoms with van der Waals surface area (Å²) in [5, 5.41) is -0.00610. The molecular formula is C10H10BrCl2F. The van der Waals surface area contributed by atoms with E-state index >= 15 is 0 Å². The first kappa shape index (κ1) is 12.3. The lowest BCUT2D eigenvalue weighted by atomic mass is 9.98. The van der Waals surface area contributed by atoms with Gasteiger partial charge < -0.3 is 0 Å². The van der Waals surface area contributed by atoms with Crippen molar-refractivity contribution in [2.24, 2.45) is 0 Å². The molecule has 1 aromatic rings. The van der Waals surface area contributed by atoms with E-state index in [-0.39, 0.29) is 22.1 Å². The number of hydrogen-bond donors (Lipinski definition) is 0. The van der Waals surface area contributed by atoms with Crippen molar-refractivity contribution >= 4 is 39.1 Å². The molecule has 0 aromatic heterocycles. The van der Waals surface area contributed by atoms with Crippen molar-refractivity contribution in [3.63, 3.8) is 0 Å². The molecule has 0 saturated heterocycles. The van der Waals surface area contributed by atoms with E-state index in [1.807, 2.05) is 13.8 Å². The molecule has 1 aromatic carbocycles. The molecular weight excluding hydrogens is 290 g/mol. The van der Waals surface area contributed by atoms with Crippen LogP contribution in [0.25, 0.3) is 0 Å². The van der Waals surface area contributed by atoms with Crippen LogP contribution < -0.4 is 0 Å². The van der Waals surface area contributed by atoms with Gasteiger partial charge in [0.15, 0.2) is 0 Å². The summed E-state index contributed by atoms with van der Waals surface area (Å²) in [7, 11) is 0. The Balaban J connectivity index is 3.17. The first-order chi connectivity index (χ1) is 6.45. The van der Waals surface area contributed by atoms with E-state index in [2.05, 4.69) is 15.9 Å². The zero-order valence-corrected chi connectivity index (χ0v) is 10.9. The highest BCUT2D eigenvalue weighted by Crippen LogP contribution is 2.33. The molecule has 0 nitrogen and oxygen atoms in total. The summed E-state index contributed by atoms with van der Waals surface area (Å²) in [5.74, 6) is -0.441. The maximum Gasteiger partial charge on any atom is 0.146 e. The molecule has 0 N–H and O–H groups in total. The Hall–Kier alpha value is 0.210. The van der Waals surface area contributed by atoms with Crippen LogP contribution in [-0.2, 0) is 0 Å². The third kappa shape index (κ3) is 2.41. The molecule has 0 spiro atoms. The standard InChI is InChI=1S/C10H10BrCl2F/c1-5(6(2)12)7-3-4-8(11)9(13)10(7)14/h3-6H,1-2H3. The molecule has 4 heteroatoms. The van der Waals surface area contributed by atoms with Crippen molar-refractivity contribution in [3.8, 4) is 0 Å². The van der Waals surface area contributed by atoms with Crippen LogP contribution >= 0.6 is 39.1 Å². The van der Waals surface area contributed by atoms with Crippen molar-refractivity contribution in [2.45, 2.75) is 25.1 Å². The topological polar surface area (TPSA) is 0 Å². The van der Waals surface area contributed by atoms with E-state index in [1.165, 1.54) is 0 Å². The van der Waals surface area contributed by atoms with Crippen LogP contribution in [0.1, 0.15) is 25.3 Å². The molecule has 0 fully saturated rings. The van der Waals surface area contributed by atoms with Gasteiger partial charge in [0.2, 0.25) is 0 Å². The second-order valence-corrected chi connectivity index (χ2v) is 5.15. The fraction of sp³-hybridized carbons (Fsp3) is 0.400. The summed E-state index contributed by atoms with van der Waals surface area (Å²) in [5.41, 5.74) is 0.556. The van der Waals surface area contributed by atoms with E-state index in [0.29, 0.717) is 10.0 Å². The van der Waals surface area contributed by atoms with E-state index in [9.17, 15) is 4.39 Å². The number of hydrogen-bond acceptors (Lipinski definition) is 0. The Morgan fingerprint density at radius 1 is 1.36 bits per heavy atom. The summed E-state index contributed by atoms with van der Waals surface area (Å²) in [6, 6.07) is 3.44. The van der Waals surface area contributed by atoms with Crippen molar-refractivity contribution < 1.29 is 4.39 Å². The molecule has 0 aliphatic heterocycles. The first-order valence-corrected chi connectivity index (χ1v) is 5.83. The maximum absolute atomic E-state index is 13.7. The van der Waals surface area contributed by atoms with Crippen LogP contribution in [0.15, 0.2) is 16.6 Å². The smallest absolute Gasteiger partial charge is 0.146 e. The Morgan fingerprint density at radius 2 is 1.93 bits per heavy atom. The lowest BCUT2D eigenvalue weighted by Gasteiger charge is -2.16. The first-order valence-electron chi connectivity index (χ1n) is 4.22. The summed E-state index contributed by atoms with van der Waals surface area (Å²) < 4.78 is 14.2.